The molecular formula is C48H61N3O17S. The third-order valence-electron chi connectivity index (χ3n) is 12.0. The van der Waals surface area contributed by atoms with Crippen LogP contribution in [0.1, 0.15) is 94.4 Å². The Bertz CT molecular complexity index is 2440. The molecule has 0 aromatic heterocycles. The number of esters is 1. The lowest BCUT2D eigenvalue weighted by molar-refractivity contribution is -0.200. The Morgan fingerprint density at radius 1 is 0.841 bits per heavy atom. The SMILES string of the molecule is CC[C@H](C(=O)N1CCCC[C@H]1C(=O)O[C@H](CCc1ccc(OC)c(OC)c1)c1cccc(OCC(=O)NC(C)CC(C)C(=O)ON2C(=O)CC(S(=O)(=O)O)C2=O)c1)c1cc(OC)c(OC)c(OC)c1. The number of carbonyl (C=O) groups excluding carboxylic acids is 6. The molecule has 0 bridgehead atoms. The van der Waals surface area contributed by atoms with Crippen molar-refractivity contribution in [1.29, 1.82) is 0 Å². The third kappa shape index (κ3) is 13.3. The van der Waals surface area contributed by atoms with E-state index >= 15 is 0 Å². The second-order valence-corrected chi connectivity index (χ2v) is 18.3. The first-order chi connectivity index (χ1) is 32.9. The Morgan fingerprint density at radius 2 is 1.52 bits per heavy atom. The van der Waals surface area contributed by atoms with Crippen molar-refractivity contribution in [3.8, 4) is 34.5 Å². The molecule has 6 atom stereocenters. The maximum absolute atomic E-state index is 14.5. The summed E-state index contributed by atoms with van der Waals surface area (Å²) in [6, 6.07) is 14.3. The minimum absolute atomic E-state index is 0.000771. The van der Waals surface area contributed by atoms with Crippen LogP contribution in [0.25, 0.3) is 0 Å². The van der Waals surface area contributed by atoms with Crippen LogP contribution >= 0.6 is 0 Å². The zero-order valence-electron chi connectivity index (χ0n) is 40.0. The van der Waals surface area contributed by atoms with Gasteiger partial charge in [-0.2, -0.15) is 8.42 Å². The fourth-order valence-electron chi connectivity index (χ4n) is 8.39. The average Bonchev–Trinajstić information content (AvgIpc) is 3.63. The highest BCUT2D eigenvalue weighted by Gasteiger charge is 2.49. The van der Waals surface area contributed by atoms with Crippen LogP contribution in [0.5, 0.6) is 34.5 Å². The van der Waals surface area contributed by atoms with E-state index < -0.39 is 88.1 Å². The number of methoxy groups -OCH3 is 5. The summed E-state index contributed by atoms with van der Waals surface area (Å²) >= 11 is 0. The number of piperidine rings is 1. The van der Waals surface area contributed by atoms with Crippen LogP contribution in [-0.4, -0.2) is 125 Å². The van der Waals surface area contributed by atoms with Gasteiger partial charge in [0.05, 0.1) is 53.8 Å². The molecular weight excluding hydrogens is 923 g/mol. The van der Waals surface area contributed by atoms with E-state index in [2.05, 4.69) is 5.32 Å². The summed E-state index contributed by atoms with van der Waals surface area (Å²) in [5, 5.41) is 0.673. The Labute approximate surface area is 401 Å². The molecule has 4 amide bonds. The quantitative estimate of drug-likeness (QED) is 0.0728. The predicted molar refractivity (Wildman–Crippen MR) is 246 cm³/mol. The highest BCUT2D eigenvalue weighted by molar-refractivity contribution is 7.87. The molecule has 2 saturated heterocycles. The largest absolute Gasteiger partial charge is 0.493 e. The normalized spacial score (nSPS) is 17.8. The molecule has 2 N–H and O–H groups in total. The maximum Gasteiger partial charge on any atom is 0.336 e. The predicted octanol–water partition coefficient (Wildman–Crippen LogP) is 4.90. The van der Waals surface area contributed by atoms with E-state index in [-0.39, 0.29) is 23.1 Å². The number of carbonyl (C=O) groups is 6. The first-order valence-electron chi connectivity index (χ1n) is 22.5. The van der Waals surface area contributed by atoms with Crippen molar-refractivity contribution >= 4 is 45.7 Å². The number of nitrogens with zero attached hydrogens (tertiary/aromatic N) is 2. The summed E-state index contributed by atoms with van der Waals surface area (Å²) in [5.74, 6) is -3.92. The van der Waals surface area contributed by atoms with Gasteiger partial charge in [-0.15, -0.1) is 5.06 Å². The van der Waals surface area contributed by atoms with E-state index in [0.717, 1.165) is 5.56 Å². The molecule has 0 spiro atoms. The molecule has 3 unspecified atom stereocenters. The number of aryl methyl sites for hydroxylation is 1. The molecule has 0 radical (unpaired) electrons. The molecule has 376 valence electrons. The van der Waals surface area contributed by atoms with Crippen LogP contribution in [0.15, 0.2) is 54.6 Å². The first-order valence-corrected chi connectivity index (χ1v) is 24.0. The Balaban J connectivity index is 1.29. The fraction of sp³-hybridized carbons (Fsp3) is 0.500. The van der Waals surface area contributed by atoms with Crippen molar-refractivity contribution in [2.24, 2.45) is 5.92 Å². The lowest BCUT2D eigenvalue weighted by Gasteiger charge is -2.37. The van der Waals surface area contributed by atoms with Crippen LogP contribution < -0.4 is 33.7 Å². The van der Waals surface area contributed by atoms with E-state index in [1.807, 2.05) is 19.1 Å². The lowest BCUT2D eigenvalue weighted by atomic mass is 9.91. The number of ether oxygens (including phenoxy) is 7. The molecule has 2 aliphatic heterocycles. The topological polar surface area (TPSA) is 249 Å². The van der Waals surface area contributed by atoms with Gasteiger partial charge in [0.2, 0.25) is 11.7 Å². The molecule has 69 heavy (non-hydrogen) atoms. The number of hydrogen-bond donors (Lipinski definition) is 2. The third-order valence-corrected chi connectivity index (χ3v) is 13.1. The van der Waals surface area contributed by atoms with Gasteiger partial charge in [-0.1, -0.05) is 32.0 Å². The minimum Gasteiger partial charge on any atom is -0.493 e. The van der Waals surface area contributed by atoms with E-state index in [9.17, 15) is 41.7 Å². The zero-order chi connectivity index (χ0) is 50.6. The number of amides is 4. The van der Waals surface area contributed by atoms with Crippen molar-refractivity contribution in [1.82, 2.24) is 15.3 Å². The number of imide groups is 1. The smallest absolute Gasteiger partial charge is 0.336 e. The van der Waals surface area contributed by atoms with E-state index in [1.54, 1.807) is 61.4 Å². The molecule has 3 aromatic carbocycles. The van der Waals surface area contributed by atoms with Gasteiger partial charge >= 0.3 is 11.9 Å². The number of hydrogen-bond acceptors (Lipinski definition) is 16. The molecule has 21 heteroatoms. The molecule has 3 aromatic rings. The summed E-state index contributed by atoms with van der Waals surface area (Å²) in [6.45, 7) is 4.84. The second-order valence-electron chi connectivity index (χ2n) is 16.7. The molecule has 0 saturated carbocycles. The highest BCUT2D eigenvalue weighted by Crippen LogP contribution is 2.42. The Morgan fingerprint density at radius 3 is 2.13 bits per heavy atom. The summed E-state index contributed by atoms with van der Waals surface area (Å²) in [6.07, 6.45) is 1.28. The number of likely N-dealkylation sites (tertiary alicyclic amines) is 1. The second kappa shape index (κ2) is 24.1. The maximum atomic E-state index is 14.5. The highest BCUT2D eigenvalue weighted by atomic mass is 32.2. The van der Waals surface area contributed by atoms with Crippen LogP contribution in [0.2, 0.25) is 0 Å². The monoisotopic (exact) mass is 983 g/mol. The van der Waals surface area contributed by atoms with Crippen molar-refractivity contribution in [3.63, 3.8) is 0 Å². The molecule has 2 fully saturated rings. The van der Waals surface area contributed by atoms with Crippen molar-refractivity contribution in [2.45, 2.75) is 101 Å². The van der Waals surface area contributed by atoms with E-state index in [1.165, 1.54) is 35.4 Å². The number of hydroxylamine groups is 2. The van der Waals surface area contributed by atoms with Gasteiger partial charge in [0.25, 0.3) is 27.8 Å². The van der Waals surface area contributed by atoms with Gasteiger partial charge in [0.1, 0.15) is 17.9 Å². The number of rotatable bonds is 23. The van der Waals surface area contributed by atoms with Crippen LogP contribution in [-0.2, 0) is 54.9 Å². The number of nitrogens with one attached hydrogen (secondary N) is 1. The van der Waals surface area contributed by atoms with E-state index in [4.69, 9.17) is 38.0 Å². The average molecular weight is 984 g/mol. The van der Waals surface area contributed by atoms with E-state index in [0.29, 0.717) is 84.9 Å². The van der Waals surface area contributed by atoms with Gasteiger partial charge < -0.3 is 48.2 Å². The molecule has 0 aliphatic carbocycles. The van der Waals surface area contributed by atoms with Gasteiger partial charge in [-0.25, -0.2) is 9.59 Å². The summed E-state index contributed by atoms with van der Waals surface area (Å²) < 4.78 is 71.9. The minimum atomic E-state index is -4.90. The fourth-order valence-corrected chi connectivity index (χ4v) is 9.09. The number of benzene rings is 3. The van der Waals surface area contributed by atoms with Gasteiger partial charge in [0, 0.05) is 12.6 Å². The Kier molecular flexibility index (Phi) is 18.6. The lowest BCUT2D eigenvalue weighted by Crippen LogP contribution is -2.50. The van der Waals surface area contributed by atoms with Crippen molar-refractivity contribution in [2.75, 3.05) is 48.7 Å². The van der Waals surface area contributed by atoms with Gasteiger partial charge in [-0.3, -0.25) is 23.7 Å². The van der Waals surface area contributed by atoms with Gasteiger partial charge in [0.15, 0.2) is 34.9 Å². The molecule has 5 rings (SSSR count). The summed E-state index contributed by atoms with van der Waals surface area (Å²) in [5.41, 5.74) is 2.09. The van der Waals surface area contributed by atoms with Crippen LogP contribution in [0.3, 0.4) is 0 Å². The molecule has 2 aliphatic rings. The van der Waals surface area contributed by atoms with Crippen molar-refractivity contribution < 1.29 is 79.7 Å². The van der Waals surface area contributed by atoms with Gasteiger partial charge in [-0.05, 0) is 105 Å². The van der Waals surface area contributed by atoms with Crippen LogP contribution in [0, 0.1) is 5.92 Å². The Hall–Kier alpha value is -6.61. The summed E-state index contributed by atoms with van der Waals surface area (Å²) in [4.78, 5) is 85.6. The summed E-state index contributed by atoms with van der Waals surface area (Å²) in [7, 11) is 2.68. The molecule has 2 heterocycles. The van der Waals surface area contributed by atoms with Crippen LogP contribution in [0.4, 0.5) is 0 Å². The van der Waals surface area contributed by atoms with Crippen molar-refractivity contribution in [3.05, 3.63) is 71.3 Å². The zero-order valence-corrected chi connectivity index (χ0v) is 40.8. The first kappa shape index (κ1) is 53.3. The molecule has 20 nitrogen and oxygen atoms in total. The standard InChI is InChI=1S/C48H61N3O17S/c1-9-34(32-24-39(63-6)44(65-8)40(25-32)64-7)45(54)50-20-11-10-15-35(50)48(57)67-36(18-16-30-17-19-37(61-4)38(22-30)62-5)31-13-12-14-33(23-31)66-27-42(52)49-29(3)21-28(2)47(56)68-51-43(53)26-41(46(51)55)69(58,59)60/h12-14,17,19,22-25,28-29,34-36,41H,9-11,15-16,18,20-21,26-27H2,1-8H3,(H,49,52)(H,58,59,60)/t28?,29?,34-,35-,36+,41?/m0/s1.